The maximum Gasteiger partial charge on any atom is 0.256 e. The summed E-state index contributed by atoms with van der Waals surface area (Å²) in [7, 11) is 3.18. The number of hydrogen-bond donors (Lipinski definition) is 2. The Balaban J connectivity index is 1.65. The van der Waals surface area contributed by atoms with Crippen LogP contribution in [-0.2, 0) is 17.9 Å². The largest absolute Gasteiger partial charge is 0.497 e. The van der Waals surface area contributed by atoms with Gasteiger partial charge >= 0.3 is 0 Å². The van der Waals surface area contributed by atoms with Crippen LogP contribution < -0.4 is 25.7 Å². The number of para-hydroxylation sites is 1. The lowest BCUT2D eigenvalue weighted by Crippen LogP contribution is -2.30. The number of amides is 1. The molecule has 0 radical (unpaired) electrons. The van der Waals surface area contributed by atoms with Crippen molar-refractivity contribution in [1.29, 1.82) is 0 Å². The van der Waals surface area contributed by atoms with Crippen molar-refractivity contribution in [3.8, 4) is 11.5 Å². The van der Waals surface area contributed by atoms with Gasteiger partial charge in [-0.15, -0.1) is 0 Å². The zero-order chi connectivity index (χ0) is 23.2. The summed E-state index contributed by atoms with van der Waals surface area (Å²) in [6, 6.07) is 24.0. The highest BCUT2D eigenvalue weighted by molar-refractivity contribution is 5.92. The Morgan fingerprint density at radius 2 is 1.55 bits per heavy atom. The lowest BCUT2D eigenvalue weighted by atomic mass is 10.1. The fraction of sp³-hybridized carbons (Fsp3) is 0.154. The van der Waals surface area contributed by atoms with E-state index in [1.165, 1.54) is 4.57 Å². The molecule has 0 fully saturated rings. The summed E-state index contributed by atoms with van der Waals surface area (Å²) in [4.78, 5) is 26.1. The number of benzene rings is 3. The molecular weight excluding hydrogens is 418 g/mol. The SMILES string of the molecule is COc1ccc(NCc2cc3ccc(OC)cc3n(CC(=O)Nc3ccccc3)c2=O)cc1. The smallest absolute Gasteiger partial charge is 0.256 e. The average molecular weight is 444 g/mol. The molecule has 168 valence electrons. The summed E-state index contributed by atoms with van der Waals surface area (Å²) in [5.74, 6) is 1.09. The number of carbonyl (C=O) groups excluding carboxylic acids is 1. The predicted molar refractivity (Wildman–Crippen MR) is 130 cm³/mol. The summed E-state index contributed by atoms with van der Waals surface area (Å²) >= 11 is 0. The van der Waals surface area contributed by atoms with Gasteiger partial charge in [0.1, 0.15) is 18.0 Å². The van der Waals surface area contributed by atoms with E-state index in [9.17, 15) is 9.59 Å². The van der Waals surface area contributed by atoms with Gasteiger partial charge in [0.2, 0.25) is 5.91 Å². The highest BCUT2D eigenvalue weighted by Crippen LogP contribution is 2.22. The summed E-state index contributed by atoms with van der Waals surface area (Å²) in [5, 5.41) is 6.95. The van der Waals surface area contributed by atoms with E-state index in [1.54, 1.807) is 32.4 Å². The fourth-order valence-corrected chi connectivity index (χ4v) is 3.59. The molecule has 0 unspecified atom stereocenters. The van der Waals surface area contributed by atoms with Gasteiger partial charge in [-0.05, 0) is 60.0 Å². The van der Waals surface area contributed by atoms with Gasteiger partial charge in [-0.3, -0.25) is 14.2 Å². The third kappa shape index (κ3) is 5.15. The number of hydrogen-bond acceptors (Lipinski definition) is 5. The normalized spacial score (nSPS) is 10.6. The molecule has 0 saturated carbocycles. The molecule has 0 atom stereocenters. The van der Waals surface area contributed by atoms with Gasteiger partial charge in [0.25, 0.3) is 5.56 Å². The van der Waals surface area contributed by atoms with Crippen LogP contribution >= 0.6 is 0 Å². The molecule has 2 N–H and O–H groups in total. The molecule has 0 aliphatic heterocycles. The van der Waals surface area contributed by atoms with E-state index in [2.05, 4.69) is 10.6 Å². The lowest BCUT2D eigenvalue weighted by molar-refractivity contribution is -0.116. The van der Waals surface area contributed by atoms with Gasteiger partial charge in [0.05, 0.1) is 19.7 Å². The molecule has 7 heteroatoms. The van der Waals surface area contributed by atoms with Crippen molar-refractivity contribution in [3.63, 3.8) is 0 Å². The highest BCUT2D eigenvalue weighted by atomic mass is 16.5. The minimum Gasteiger partial charge on any atom is -0.497 e. The van der Waals surface area contributed by atoms with E-state index in [-0.39, 0.29) is 18.0 Å². The quantitative estimate of drug-likeness (QED) is 0.425. The molecule has 0 spiro atoms. The monoisotopic (exact) mass is 443 g/mol. The van der Waals surface area contributed by atoms with E-state index >= 15 is 0 Å². The van der Waals surface area contributed by atoms with Gasteiger partial charge < -0.3 is 20.1 Å². The Hall–Kier alpha value is -4.26. The molecule has 1 amide bonds. The van der Waals surface area contributed by atoms with E-state index in [0.29, 0.717) is 29.1 Å². The number of aromatic nitrogens is 1. The summed E-state index contributed by atoms with van der Waals surface area (Å²) in [6.07, 6.45) is 0. The maximum atomic E-state index is 13.4. The van der Waals surface area contributed by atoms with Gasteiger partial charge in [0, 0.05) is 29.5 Å². The van der Waals surface area contributed by atoms with E-state index < -0.39 is 0 Å². The second-order valence-corrected chi connectivity index (χ2v) is 7.48. The van der Waals surface area contributed by atoms with E-state index in [1.807, 2.05) is 60.7 Å². The number of ether oxygens (including phenoxy) is 2. The first-order valence-electron chi connectivity index (χ1n) is 10.5. The number of anilines is 2. The molecule has 3 aromatic carbocycles. The number of carbonyl (C=O) groups is 1. The Labute approximate surface area is 191 Å². The van der Waals surface area contributed by atoms with E-state index in [4.69, 9.17) is 9.47 Å². The van der Waals surface area contributed by atoms with Crippen LogP contribution in [0.1, 0.15) is 5.56 Å². The summed E-state index contributed by atoms with van der Waals surface area (Å²) < 4.78 is 12.0. The van der Waals surface area contributed by atoms with Crippen LogP contribution in [0.15, 0.2) is 83.7 Å². The van der Waals surface area contributed by atoms with E-state index in [0.717, 1.165) is 16.8 Å². The molecule has 1 heterocycles. The number of nitrogens with one attached hydrogen (secondary N) is 2. The van der Waals surface area contributed by atoms with Crippen molar-refractivity contribution < 1.29 is 14.3 Å². The lowest BCUT2D eigenvalue weighted by Gasteiger charge is -2.15. The zero-order valence-corrected chi connectivity index (χ0v) is 18.5. The Bertz CT molecular complexity index is 1320. The fourth-order valence-electron chi connectivity index (χ4n) is 3.59. The first kappa shape index (κ1) is 22.0. The Kier molecular flexibility index (Phi) is 6.59. The molecule has 4 rings (SSSR count). The van der Waals surface area contributed by atoms with Crippen molar-refractivity contribution in [2.75, 3.05) is 24.9 Å². The van der Waals surface area contributed by atoms with Crippen LogP contribution in [0.2, 0.25) is 0 Å². The molecule has 33 heavy (non-hydrogen) atoms. The van der Waals surface area contributed by atoms with Crippen LogP contribution in [0.4, 0.5) is 11.4 Å². The molecule has 0 aliphatic rings. The first-order valence-corrected chi connectivity index (χ1v) is 10.5. The highest BCUT2D eigenvalue weighted by Gasteiger charge is 2.14. The van der Waals surface area contributed by atoms with Gasteiger partial charge in [0.15, 0.2) is 0 Å². The van der Waals surface area contributed by atoms with Crippen molar-refractivity contribution in [3.05, 3.63) is 94.8 Å². The van der Waals surface area contributed by atoms with Crippen LogP contribution in [-0.4, -0.2) is 24.7 Å². The molecule has 4 aromatic rings. The average Bonchev–Trinajstić information content (AvgIpc) is 2.85. The molecular formula is C26H25N3O4. The number of methoxy groups -OCH3 is 2. The minimum absolute atomic E-state index is 0.117. The molecule has 7 nitrogen and oxygen atoms in total. The standard InChI is InChI=1S/C26H25N3O4/c1-32-22-12-9-20(10-13-22)27-16-19-14-18-8-11-23(33-2)15-24(18)29(26(19)31)17-25(30)28-21-6-4-3-5-7-21/h3-15,27H,16-17H2,1-2H3,(H,28,30). The summed E-state index contributed by atoms with van der Waals surface area (Å²) in [6.45, 7) is 0.196. The third-order valence-electron chi connectivity index (χ3n) is 5.31. The molecule has 0 bridgehead atoms. The van der Waals surface area contributed by atoms with Gasteiger partial charge in [-0.25, -0.2) is 0 Å². The topological polar surface area (TPSA) is 81.6 Å². The number of rotatable bonds is 8. The number of nitrogens with zero attached hydrogens (tertiary/aromatic N) is 1. The molecule has 1 aromatic heterocycles. The number of pyridine rings is 1. The van der Waals surface area contributed by atoms with Crippen LogP contribution in [0, 0.1) is 0 Å². The second kappa shape index (κ2) is 9.91. The van der Waals surface area contributed by atoms with Crippen molar-refractivity contribution in [2.45, 2.75) is 13.1 Å². The Morgan fingerprint density at radius 1 is 0.848 bits per heavy atom. The van der Waals surface area contributed by atoms with Gasteiger partial charge in [-0.2, -0.15) is 0 Å². The van der Waals surface area contributed by atoms with Crippen LogP contribution in [0.3, 0.4) is 0 Å². The van der Waals surface area contributed by atoms with Crippen LogP contribution in [0.25, 0.3) is 10.9 Å². The maximum absolute atomic E-state index is 13.4. The predicted octanol–water partition coefficient (Wildman–Crippen LogP) is 4.27. The number of fused-ring (bicyclic) bond motifs is 1. The molecule has 0 aliphatic carbocycles. The third-order valence-corrected chi connectivity index (χ3v) is 5.31. The Morgan fingerprint density at radius 3 is 2.24 bits per heavy atom. The van der Waals surface area contributed by atoms with Gasteiger partial charge in [-0.1, -0.05) is 18.2 Å². The van der Waals surface area contributed by atoms with Crippen LogP contribution in [0.5, 0.6) is 11.5 Å². The van der Waals surface area contributed by atoms with Crippen molar-refractivity contribution in [1.82, 2.24) is 4.57 Å². The summed E-state index contributed by atoms with van der Waals surface area (Å²) in [5.41, 5.74) is 2.49. The zero-order valence-electron chi connectivity index (χ0n) is 18.5. The van der Waals surface area contributed by atoms with Crippen molar-refractivity contribution in [2.24, 2.45) is 0 Å². The molecule has 0 saturated heterocycles. The van der Waals surface area contributed by atoms with Crippen molar-refractivity contribution >= 4 is 28.2 Å². The minimum atomic E-state index is -0.285. The first-order chi connectivity index (χ1) is 16.1. The second-order valence-electron chi connectivity index (χ2n) is 7.48.